The maximum atomic E-state index is 12.5. The van der Waals surface area contributed by atoms with Gasteiger partial charge in [0.2, 0.25) is 0 Å². The van der Waals surface area contributed by atoms with Crippen LogP contribution in [0, 0.1) is 0 Å². The number of nitrogens with zero attached hydrogens (tertiary/aromatic N) is 6. The predicted molar refractivity (Wildman–Crippen MR) is 97.6 cm³/mol. The monoisotopic (exact) mass is 346 g/mol. The Bertz CT molecular complexity index is 862. The van der Waals surface area contributed by atoms with Crippen LogP contribution >= 0.6 is 0 Å². The fraction of sp³-hybridized carbons (Fsp3) is 0.211. The Morgan fingerprint density at radius 1 is 0.769 bits per heavy atom. The van der Waals surface area contributed by atoms with Gasteiger partial charge < -0.3 is 9.80 Å². The average molecular weight is 346 g/mol. The lowest BCUT2D eigenvalue weighted by atomic mass is 10.2. The van der Waals surface area contributed by atoms with Crippen LogP contribution in [0.1, 0.15) is 10.5 Å². The van der Waals surface area contributed by atoms with Crippen LogP contribution in [0.5, 0.6) is 0 Å². The largest absolute Gasteiger partial charge is 0.352 e. The van der Waals surface area contributed by atoms with Gasteiger partial charge in [0.25, 0.3) is 5.91 Å². The van der Waals surface area contributed by atoms with Crippen molar-refractivity contribution in [3.63, 3.8) is 0 Å². The molecule has 1 amide bonds. The molecule has 0 bridgehead atoms. The van der Waals surface area contributed by atoms with E-state index >= 15 is 0 Å². The molecule has 7 nitrogen and oxygen atoms in total. The Balaban J connectivity index is 1.40. The number of hydrogen-bond acceptors (Lipinski definition) is 6. The molecule has 4 heterocycles. The van der Waals surface area contributed by atoms with Crippen LogP contribution in [-0.4, -0.2) is 57.2 Å². The number of carbonyl (C=O) groups excluding carboxylic acids is 1. The standard InChI is InChI=1S/C19H18N6O/c26-19(17-6-2-4-10-21-17)25-13-11-24(12-14-25)18-8-7-16(22-23-18)15-5-1-3-9-20-15/h1-10H,11-14H2. The number of amides is 1. The summed E-state index contributed by atoms with van der Waals surface area (Å²) in [6, 6.07) is 15.0. The normalized spacial score (nSPS) is 14.3. The lowest BCUT2D eigenvalue weighted by molar-refractivity contribution is 0.0740. The van der Waals surface area contributed by atoms with E-state index in [9.17, 15) is 4.79 Å². The van der Waals surface area contributed by atoms with Crippen molar-refractivity contribution in [3.8, 4) is 11.4 Å². The number of rotatable bonds is 3. The first kappa shape index (κ1) is 16.1. The fourth-order valence-corrected chi connectivity index (χ4v) is 2.93. The molecule has 0 saturated carbocycles. The zero-order valence-electron chi connectivity index (χ0n) is 14.2. The van der Waals surface area contributed by atoms with Crippen molar-refractivity contribution in [1.82, 2.24) is 25.1 Å². The maximum Gasteiger partial charge on any atom is 0.272 e. The molecule has 0 radical (unpaired) electrons. The molecule has 1 aliphatic heterocycles. The molecule has 0 aliphatic carbocycles. The van der Waals surface area contributed by atoms with Gasteiger partial charge in [0.05, 0.1) is 5.69 Å². The van der Waals surface area contributed by atoms with Gasteiger partial charge in [-0.25, -0.2) is 0 Å². The number of anilines is 1. The molecule has 3 aromatic rings. The highest BCUT2D eigenvalue weighted by Crippen LogP contribution is 2.18. The molecular formula is C19H18N6O. The number of carbonyl (C=O) groups is 1. The first-order valence-corrected chi connectivity index (χ1v) is 8.52. The van der Waals surface area contributed by atoms with E-state index in [4.69, 9.17) is 0 Å². The Morgan fingerprint density at radius 3 is 2.15 bits per heavy atom. The van der Waals surface area contributed by atoms with E-state index < -0.39 is 0 Å². The van der Waals surface area contributed by atoms with Crippen LogP contribution in [0.25, 0.3) is 11.4 Å². The summed E-state index contributed by atoms with van der Waals surface area (Å²) in [6.45, 7) is 2.71. The van der Waals surface area contributed by atoms with E-state index in [2.05, 4.69) is 25.1 Å². The highest BCUT2D eigenvalue weighted by atomic mass is 16.2. The van der Waals surface area contributed by atoms with Crippen molar-refractivity contribution >= 4 is 11.7 Å². The minimum atomic E-state index is -0.0261. The van der Waals surface area contributed by atoms with Crippen LogP contribution in [0.15, 0.2) is 60.9 Å². The van der Waals surface area contributed by atoms with Crippen LogP contribution in [0.3, 0.4) is 0 Å². The van der Waals surface area contributed by atoms with Crippen molar-refractivity contribution in [3.05, 3.63) is 66.6 Å². The molecule has 26 heavy (non-hydrogen) atoms. The van der Waals surface area contributed by atoms with Gasteiger partial charge in [-0.3, -0.25) is 14.8 Å². The van der Waals surface area contributed by atoms with Gasteiger partial charge in [-0.15, -0.1) is 10.2 Å². The summed E-state index contributed by atoms with van der Waals surface area (Å²) in [6.07, 6.45) is 3.38. The van der Waals surface area contributed by atoms with Crippen molar-refractivity contribution < 1.29 is 4.79 Å². The molecule has 4 rings (SSSR count). The molecule has 3 aromatic heterocycles. The van der Waals surface area contributed by atoms with Gasteiger partial charge in [0, 0.05) is 38.6 Å². The van der Waals surface area contributed by atoms with E-state index in [-0.39, 0.29) is 5.91 Å². The predicted octanol–water partition coefficient (Wildman–Crippen LogP) is 1.90. The average Bonchev–Trinajstić information content (AvgIpc) is 2.75. The zero-order valence-corrected chi connectivity index (χ0v) is 14.2. The summed E-state index contributed by atoms with van der Waals surface area (Å²) in [7, 11) is 0. The minimum Gasteiger partial charge on any atom is -0.352 e. The summed E-state index contributed by atoms with van der Waals surface area (Å²) in [5.74, 6) is 0.788. The van der Waals surface area contributed by atoms with Crippen molar-refractivity contribution in [2.75, 3.05) is 31.1 Å². The van der Waals surface area contributed by atoms with Crippen molar-refractivity contribution in [2.24, 2.45) is 0 Å². The van der Waals surface area contributed by atoms with E-state index in [1.807, 2.05) is 47.4 Å². The lowest BCUT2D eigenvalue weighted by Crippen LogP contribution is -2.49. The molecule has 1 fully saturated rings. The van der Waals surface area contributed by atoms with E-state index in [0.29, 0.717) is 18.8 Å². The SMILES string of the molecule is O=C(c1ccccn1)N1CCN(c2ccc(-c3ccccn3)nn2)CC1. The third-order valence-corrected chi connectivity index (χ3v) is 4.35. The Hall–Kier alpha value is -3.35. The zero-order chi connectivity index (χ0) is 17.8. The molecule has 0 aromatic carbocycles. The molecule has 0 spiro atoms. The quantitative estimate of drug-likeness (QED) is 0.721. The molecule has 1 aliphatic rings. The smallest absolute Gasteiger partial charge is 0.272 e. The Kier molecular flexibility index (Phi) is 4.51. The molecule has 7 heteroatoms. The minimum absolute atomic E-state index is 0.0261. The van der Waals surface area contributed by atoms with E-state index in [1.165, 1.54) is 0 Å². The highest BCUT2D eigenvalue weighted by molar-refractivity contribution is 5.92. The van der Waals surface area contributed by atoms with Gasteiger partial charge in [-0.05, 0) is 36.4 Å². The van der Waals surface area contributed by atoms with Crippen LogP contribution < -0.4 is 4.90 Å². The molecule has 130 valence electrons. The van der Waals surface area contributed by atoms with Gasteiger partial charge in [0.15, 0.2) is 5.82 Å². The highest BCUT2D eigenvalue weighted by Gasteiger charge is 2.23. The summed E-state index contributed by atoms with van der Waals surface area (Å²) in [5.41, 5.74) is 2.04. The van der Waals surface area contributed by atoms with Crippen molar-refractivity contribution in [1.29, 1.82) is 0 Å². The molecule has 0 atom stereocenters. The summed E-state index contributed by atoms with van der Waals surface area (Å²) < 4.78 is 0. The van der Waals surface area contributed by atoms with E-state index in [1.54, 1.807) is 18.5 Å². The second-order valence-corrected chi connectivity index (χ2v) is 5.99. The second-order valence-electron chi connectivity index (χ2n) is 5.99. The fourth-order valence-electron chi connectivity index (χ4n) is 2.93. The van der Waals surface area contributed by atoms with Gasteiger partial charge >= 0.3 is 0 Å². The number of pyridine rings is 2. The Labute approximate surface area is 151 Å². The first-order valence-electron chi connectivity index (χ1n) is 8.52. The molecule has 1 saturated heterocycles. The maximum absolute atomic E-state index is 12.5. The summed E-state index contributed by atoms with van der Waals surface area (Å²) in [4.78, 5) is 24.8. The molecular weight excluding hydrogens is 328 g/mol. The summed E-state index contributed by atoms with van der Waals surface area (Å²) in [5, 5.41) is 8.61. The van der Waals surface area contributed by atoms with Gasteiger partial charge in [-0.2, -0.15) is 0 Å². The van der Waals surface area contributed by atoms with Crippen LogP contribution in [0.4, 0.5) is 5.82 Å². The number of piperazine rings is 1. The third kappa shape index (κ3) is 3.37. The van der Waals surface area contributed by atoms with Crippen LogP contribution in [0.2, 0.25) is 0 Å². The van der Waals surface area contributed by atoms with Crippen molar-refractivity contribution in [2.45, 2.75) is 0 Å². The Morgan fingerprint density at radius 2 is 1.54 bits per heavy atom. The number of hydrogen-bond donors (Lipinski definition) is 0. The second kappa shape index (κ2) is 7.26. The van der Waals surface area contributed by atoms with Gasteiger partial charge in [0.1, 0.15) is 11.4 Å². The lowest BCUT2D eigenvalue weighted by Gasteiger charge is -2.35. The summed E-state index contributed by atoms with van der Waals surface area (Å²) >= 11 is 0. The topological polar surface area (TPSA) is 75.1 Å². The molecule has 0 unspecified atom stereocenters. The van der Waals surface area contributed by atoms with Gasteiger partial charge in [-0.1, -0.05) is 12.1 Å². The molecule has 0 N–H and O–H groups in total. The first-order chi connectivity index (χ1) is 12.8. The van der Waals surface area contributed by atoms with E-state index in [0.717, 1.165) is 30.3 Å². The number of aromatic nitrogens is 4. The third-order valence-electron chi connectivity index (χ3n) is 4.35. The van der Waals surface area contributed by atoms with Crippen LogP contribution in [-0.2, 0) is 0 Å².